The van der Waals surface area contributed by atoms with E-state index in [-0.39, 0.29) is 5.54 Å². The average Bonchev–Trinajstić information content (AvgIpc) is 3.07. The lowest BCUT2D eigenvalue weighted by Crippen LogP contribution is -2.22. The lowest BCUT2D eigenvalue weighted by molar-refractivity contribution is 0.626. The first kappa shape index (κ1) is 14.2. The van der Waals surface area contributed by atoms with E-state index in [9.17, 15) is 0 Å². The van der Waals surface area contributed by atoms with Crippen molar-refractivity contribution in [1.82, 2.24) is 15.0 Å². The van der Waals surface area contributed by atoms with Gasteiger partial charge in [0.15, 0.2) is 0 Å². The predicted molar refractivity (Wildman–Crippen MR) is 91.4 cm³/mol. The Bertz CT molecular complexity index is 824. The van der Waals surface area contributed by atoms with E-state index in [1.807, 2.05) is 41.2 Å². The Hall–Kier alpha value is -2.46. The van der Waals surface area contributed by atoms with Gasteiger partial charge in [-0.1, -0.05) is 54.6 Å². The van der Waals surface area contributed by atoms with E-state index in [2.05, 4.69) is 41.5 Å². The maximum Gasteiger partial charge on any atom is 0.113 e. The third kappa shape index (κ3) is 2.55. The standard InChI is InChI=1S/C19H20N4/c1-2-19(20)12-17(19)15-9-6-10-16(11-15)23-13-18(21-22-23)14-7-4-3-5-8-14/h3-11,13,17H,2,12,20H2,1H3/t17-,19+/m0/s1. The molecule has 0 amide bonds. The molecule has 0 bridgehead atoms. The lowest BCUT2D eigenvalue weighted by Gasteiger charge is -2.09. The molecule has 1 heterocycles. The van der Waals surface area contributed by atoms with Crippen LogP contribution in [0.5, 0.6) is 0 Å². The summed E-state index contributed by atoms with van der Waals surface area (Å²) in [7, 11) is 0. The highest BCUT2D eigenvalue weighted by Gasteiger charge is 2.50. The molecule has 2 atom stereocenters. The van der Waals surface area contributed by atoms with Gasteiger partial charge in [-0.05, 0) is 30.5 Å². The first-order valence-corrected chi connectivity index (χ1v) is 8.06. The van der Waals surface area contributed by atoms with Crippen molar-refractivity contribution in [2.24, 2.45) is 5.73 Å². The summed E-state index contributed by atoms with van der Waals surface area (Å²) >= 11 is 0. The molecule has 0 saturated heterocycles. The summed E-state index contributed by atoms with van der Waals surface area (Å²) in [6.07, 6.45) is 4.06. The molecule has 0 unspecified atom stereocenters. The summed E-state index contributed by atoms with van der Waals surface area (Å²) in [5.41, 5.74) is 10.6. The average molecular weight is 304 g/mol. The maximum absolute atomic E-state index is 6.36. The van der Waals surface area contributed by atoms with Crippen LogP contribution in [0.15, 0.2) is 60.8 Å². The van der Waals surface area contributed by atoms with Gasteiger partial charge in [-0.15, -0.1) is 5.10 Å². The van der Waals surface area contributed by atoms with Crippen LogP contribution in [0.25, 0.3) is 16.9 Å². The molecule has 2 N–H and O–H groups in total. The number of hydrogen-bond donors (Lipinski definition) is 1. The van der Waals surface area contributed by atoms with Crippen molar-refractivity contribution in [2.75, 3.05) is 0 Å². The Morgan fingerprint density at radius 2 is 2.00 bits per heavy atom. The second-order valence-corrected chi connectivity index (χ2v) is 6.35. The highest BCUT2D eigenvalue weighted by Crippen LogP contribution is 2.51. The van der Waals surface area contributed by atoms with Crippen LogP contribution in [0.3, 0.4) is 0 Å². The summed E-state index contributed by atoms with van der Waals surface area (Å²) in [6, 6.07) is 18.6. The van der Waals surface area contributed by atoms with E-state index in [1.165, 1.54) is 5.56 Å². The molecule has 4 rings (SSSR count). The zero-order chi connectivity index (χ0) is 15.9. The van der Waals surface area contributed by atoms with E-state index < -0.39 is 0 Å². The topological polar surface area (TPSA) is 56.7 Å². The molecule has 2 aromatic carbocycles. The molecule has 116 valence electrons. The van der Waals surface area contributed by atoms with Gasteiger partial charge in [0.1, 0.15) is 5.69 Å². The van der Waals surface area contributed by atoms with E-state index in [4.69, 9.17) is 5.73 Å². The van der Waals surface area contributed by atoms with E-state index in [0.717, 1.165) is 29.8 Å². The molecular formula is C19H20N4. The zero-order valence-electron chi connectivity index (χ0n) is 13.2. The van der Waals surface area contributed by atoms with Crippen molar-refractivity contribution in [1.29, 1.82) is 0 Å². The van der Waals surface area contributed by atoms with Gasteiger partial charge >= 0.3 is 0 Å². The van der Waals surface area contributed by atoms with Crippen molar-refractivity contribution >= 4 is 0 Å². The fourth-order valence-electron chi connectivity index (χ4n) is 3.18. The van der Waals surface area contributed by atoms with Gasteiger partial charge in [0.2, 0.25) is 0 Å². The second kappa shape index (κ2) is 5.32. The van der Waals surface area contributed by atoms with Crippen molar-refractivity contribution in [2.45, 2.75) is 31.2 Å². The molecule has 1 aliphatic carbocycles. The molecule has 0 radical (unpaired) electrons. The Kier molecular flexibility index (Phi) is 3.27. The van der Waals surface area contributed by atoms with Crippen LogP contribution < -0.4 is 5.73 Å². The summed E-state index contributed by atoms with van der Waals surface area (Å²) in [6.45, 7) is 2.16. The SMILES string of the molecule is CC[C@@]1(N)C[C@H]1c1cccc(-n2cc(-c3ccccc3)nn2)c1. The molecule has 1 saturated carbocycles. The van der Waals surface area contributed by atoms with Crippen LogP contribution in [0, 0.1) is 0 Å². The number of benzene rings is 2. The summed E-state index contributed by atoms with van der Waals surface area (Å²) in [4.78, 5) is 0. The largest absolute Gasteiger partial charge is 0.325 e. The van der Waals surface area contributed by atoms with Crippen molar-refractivity contribution < 1.29 is 0 Å². The van der Waals surface area contributed by atoms with Crippen LogP contribution in [0.4, 0.5) is 0 Å². The lowest BCUT2D eigenvalue weighted by atomic mass is 10.0. The van der Waals surface area contributed by atoms with Gasteiger partial charge in [0.05, 0.1) is 11.9 Å². The van der Waals surface area contributed by atoms with Crippen molar-refractivity contribution in [3.8, 4) is 16.9 Å². The molecule has 1 aromatic heterocycles. The van der Waals surface area contributed by atoms with Crippen LogP contribution in [0.2, 0.25) is 0 Å². The molecule has 23 heavy (non-hydrogen) atoms. The van der Waals surface area contributed by atoms with Gasteiger partial charge in [0.25, 0.3) is 0 Å². The number of nitrogens with zero attached hydrogens (tertiary/aromatic N) is 3. The predicted octanol–water partition coefficient (Wildman–Crippen LogP) is 3.53. The van der Waals surface area contributed by atoms with E-state index in [1.54, 1.807) is 0 Å². The first-order chi connectivity index (χ1) is 11.2. The Balaban J connectivity index is 1.63. The third-order valence-electron chi connectivity index (χ3n) is 4.88. The van der Waals surface area contributed by atoms with Gasteiger partial charge < -0.3 is 5.73 Å². The summed E-state index contributed by atoms with van der Waals surface area (Å²) in [5.74, 6) is 0.463. The van der Waals surface area contributed by atoms with E-state index in [0.29, 0.717) is 5.92 Å². The van der Waals surface area contributed by atoms with Crippen LogP contribution in [-0.2, 0) is 0 Å². The van der Waals surface area contributed by atoms with Gasteiger partial charge in [0, 0.05) is 17.0 Å². The fourth-order valence-corrected chi connectivity index (χ4v) is 3.18. The van der Waals surface area contributed by atoms with Gasteiger partial charge in [-0.2, -0.15) is 0 Å². The quantitative estimate of drug-likeness (QED) is 0.802. The van der Waals surface area contributed by atoms with E-state index >= 15 is 0 Å². The smallest absolute Gasteiger partial charge is 0.113 e. The monoisotopic (exact) mass is 304 g/mol. The van der Waals surface area contributed by atoms with Gasteiger partial charge in [-0.3, -0.25) is 0 Å². The Labute approximate surface area is 135 Å². The molecule has 1 aliphatic rings. The second-order valence-electron chi connectivity index (χ2n) is 6.35. The highest BCUT2D eigenvalue weighted by molar-refractivity contribution is 5.58. The van der Waals surface area contributed by atoms with Crippen LogP contribution in [-0.4, -0.2) is 20.5 Å². The first-order valence-electron chi connectivity index (χ1n) is 8.06. The zero-order valence-corrected chi connectivity index (χ0v) is 13.2. The minimum atomic E-state index is -0.0177. The Morgan fingerprint density at radius 1 is 1.17 bits per heavy atom. The highest BCUT2D eigenvalue weighted by atomic mass is 15.4. The number of rotatable bonds is 4. The van der Waals surface area contributed by atoms with Gasteiger partial charge in [-0.25, -0.2) is 4.68 Å². The van der Waals surface area contributed by atoms with Crippen LogP contribution in [0.1, 0.15) is 31.2 Å². The molecule has 3 aromatic rings. The van der Waals surface area contributed by atoms with Crippen molar-refractivity contribution in [3.05, 3.63) is 66.4 Å². The normalized spacial score (nSPS) is 23.0. The Morgan fingerprint density at radius 3 is 2.74 bits per heavy atom. The summed E-state index contributed by atoms with van der Waals surface area (Å²) < 4.78 is 1.83. The third-order valence-corrected chi connectivity index (χ3v) is 4.88. The molecule has 1 fully saturated rings. The van der Waals surface area contributed by atoms with Crippen LogP contribution >= 0.6 is 0 Å². The molecule has 0 spiro atoms. The molecule has 4 nitrogen and oxygen atoms in total. The number of aromatic nitrogens is 3. The fraction of sp³-hybridized carbons (Fsp3) is 0.263. The van der Waals surface area contributed by atoms with Crippen molar-refractivity contribution in [3.63, 3.8) is 0 Å². The molecule has 4 heteroatoms. The summed E-state index contributed by atoms with van der Waals surface area (Å²) in [5, 5.41) is 8.56. The molecular weight excluding hydrogens is 284 g/mol. The molecule has 0 aliphatic heterocycles. The number of hydrogen-bond acceptors (Lipinski definition) is 3. The number of nitrogens with two attached hydrogens (primary N) is 1. The maximum atomic E-state index is 6.36. The minimum Gasteiger partial charge on any atom is -0.325 e. The minimum absolute atomic E-state index is 0.0177.